The van der Waals surface area contributed by atoms with Crippen LogP contribution in [0.1, 0.15) is 13.2 Å². The standard InChI is InChI=1S/C14H15N3O3/c1-11(2)14(18)19-10-13(17-15-8-9-16-17)20-12-6-4-3-5-7-12/h3-9,13H,1,10H2,2H3. The van der Waals surface area contributed by atoms with E-state index in [2.05, 4.69) is 16.8 Å². The number of hydrogen-bond acceptors (Lipinski definition) is 5. The van der Waals surface area contributed by atoms with Crippen molar-refractivity contribution in [3.05, 3.63) is 54.9 Å². The van der Waals surface area contributed by atoms with Crippen LogP contribution in [0.2, 0.25) is 0 Å². The lowest BCUT2D eigenvalue weighted by atomic mass is 10.3. The lowest BCUT2D eigenvalue weighted by molar-refractivity contribution is -0.143. The second-order valence-corrected chi connectivity index (χ2v) is 4.11. The third kappa shape index (κ3) is 3.68. The lowest BCUT2D eigenvalue weighted by Gasteiger charge is -2.18. The highest BCUT2D eigenvalue weighted by atomic mass is 16.6. The van der Waals surface area contributed by atoms with Crippen LogP contribution >= 0.6 is 0 Å². The predicted molar refractivity (Wildman–Crippen MR) is 71.9 cm³/mol. The smallest absolute Gasteiger partial charge is 0.333 e. The second-order valence-electron chi connectivity index (χ2n) is 4.11. The molecule has 1 aromatic heterocycles. The van der Waals surface area contributed by atoms with Crippen molar-refractivity contribution in [2.75, 3.05) is 6.61 Å². The molecule has 2 rings (SSSR count). The zero-order valence-electron chi connectivity index (χ0n) is 11.1. The van der Waals surface area contributed by atoms with Gasteiger partial charge in [-0.2, -0.15) is 10.2 Å². The minimum atomic E-state index is -0.629. The van der Waals surface area contributed by atoms with E-state index in [0.717, 1.165) is 0 Å². The van der Waals surface area contributed by atoms with E-state index < -0.39 is 12.2 Å². The van der Waals surface area contributed by atoms with Gasteiger partial charge in [0.2, 0.25) is 6.23 Å². The number of benzene rings is 1. The molecule has 0 aliphatic rings. The molecular weight excluding hydrogens is 258 g/mol. The first-order valence-corrected chi connectivity index (χ1v) is 6.07. The van der Waals surface area contributed by atoms with Gasteiger partial charge >= 0.3 is 5.97 Å². The number of rotatable bonds is 6. The van der Waals surface area contributed by atoms with E-state index in [9.17, 15) is 4.79 Å². The fourth-order valence-corrected chi connectivity index (χ4v) is 1.45. The van der Waals surface area contributed by atoms with Gasteiger partial charge in [-0.25, -0.2) is 4.79 Å². The highest BCUT2D eigenvalue weighted by Crippen LogP contribution is 2.16. The molecule has 0 saturated carbocycles. The van der Waals surface area contributed by atoms with Crippen LogP contribution in [-0.4, -0.2) is 27.6 Å². The van der Waals surface area contributed by atoms with Crippen molar-refractivity contribution >= 4 is 5.97 Å². The maximum Gasteiger partial charge on any atom is 0.333 e. The monoisotopic (exact) mass is 273 g/mol. The third-order valence-electron chi connectivity index (χ3n) is 2.41. The Morgan fingerprint density at radius 1 is 1.30 bits per heavy atom. The van der Waals surface area contributed by atoms with E-state index in [1.807, 2.05) is 18.2 Å². The van der Waals surface area contributed by atoms with E-state index in [-0.39, 0.29) is 6.61 Å². The first kappa shape index (κ1) is 13.8. The van der Waals surface area contributed by atoms with Gasteiger partial charge in [-0.15, -0.1) is 4.80 Å². The Bertz CT molecular complexity index is 567. The van der Waals surface area contributed by atoms with Crippen molar-refractivity contribution in [1.29, 1.82) is 0 Å². The first-order chi connectivity index (χ1) is 9.66. The van der Waals surface area contributed by atoms with Crippen LogP contribution in [0, 0.1) is 0 Å². The summed E-state index contributed by atoms with van der Waals surface area (Å²) >= 11 is 0. The van der Waals surface area contributed by atoms with Crippen LogP contribution in [0.25, 0.3) is 0 Å². The Labute approximate surface area is 116 Å². The SMILES string of the molecule is C=C(C)C(=O)OCC(Oc1ccccc1)n1nccn1. The molecule has 20 heavy (non-hydrogen) atoms. The molecule has 6 heteroatoms. The van der Waals surface area contributed by atoms with Gasteiger partial charge < -0.3 is 9.47 Å². The number of para-hydroxylation sites is 1. The zero-order valence-corrected chi connectivity index (χ0v) is 11.1. The highest BCUT2D eigenvalue weighted by molar-refractivity contribution is 5.86. The summed E-state index contributed by atoms with van der Waals surface area (Å²) in [6.07, 6.45) is 2.43. The van der Waals surface area contributed by atoms with E-state index in [0.29, 0.717) is 11.3 Å². The zero-order chi connectivity index (χ0) is 14.4. The average molecular weight is 273 g/mol. The van der Waals surface area contributed by atoms with Crippen LogP contribution < -0.4 is 4.74 Å². The Kier molecular flexibility index (Phi) is 4.49. The number of ether oxygens (including phenoxy) is 2. The van der Waals surface area contributed by atoms with Gasteiger partial charge in [0.25, 0.3) is 0 Å². The summed E-state index contributed by atoms with van der Waals surface area (Å²) in [5.74, 6) is 0.167. The maximum atomic E-state index is 11.4. The van der Waals surface area contributed by atoms with Gasteiger partial charge in [0.15, 0.2) is 6.61 Å². The van der Waals surface area contributed by atoms with Crippen molar-refractivity contribution in [2.24, 2.45) is 0 Å². The number of esters is 1. The topological polar surface area (TPSA) is 66.2 Å². The molecule has 0 saturated heterocycles. The minimum Gasteiger partial charge on any atom is -0.463 e. The molecule has 1 heterocycles. The Morgan fingerprint density at radius 3 is 2.55 bits per heavy atom. The third-order valence-corrected chi connectivity index (χ3v) is 2.41. The summed E-state index contributed by atoms with van der Waals surface area (Å²) in [5, 5.41) is 8.00. The summed E-state index contributed by atoms with van der Waals surface area (Å²) in [7, 11) is 0. The molecule has 0 spiro atoms. The lowest BCUT2D eigenvalue weighted by Crippen LogP contribution is -2.25. The van der Waals surface area contributed by atoms with Crippen molar-refractivity contribution in [3.63, 3.8) is 0 Å². The minimum absolute atomic E-state index is 0.00469. The molecule has 1 atom stereocenters. The fraction of sp³-hybridized carbons (Fsp3) is 0.214. The molecule has 1 unspecified atom stereocenters. The van der Waals surface area contributed by atoms with Gasteiger partial charge in [0.1, 0.15) is 5.75 Å². The van der Waals surface area contributed by atoms with Crippen LogP contribution in [0.5, 0.6) is 5.75 Å². The van der Waals surface area contributed by atoms with Crippen LogP contribution in [0.3, 0.4) is 0 Å². The van der Waals surface area contributed by atoms with Crippen LogP contribution in [0.4, 0.5) is 0 Å². The maximum absolute atomic E-state index is 11.4. The first-order valence-electron chi connectivity index (χ1n) is 6.07. The average Bonchev–Trinajstić information content (AvgIpc) is 2.98. The molecule has 6 nitrogen and oxygen atoms in total. The Balaban J connectivity index is 2.06. The van der Waals surface area contributed by atoms with Gasteiger partial charge in [-0.1, -0.05) is 24.8 Å². The van der Waals surface area contributed by atoms with Crippen molar-refractivity contribution in [2.45, 2.75) is 13.2 Å². The summed E-state index contributed by atoms with van der Waals surface area (Å²) in [6, 6.07) is 9.19. The molecule has 0 bridgehead atoms. The molecule has 2 aromatic rings. The van der Waals surface area contributed by atoms with Crippen molar-refractivity contribution in [1.82, 2.24) is 15.0 Å². The second kappa shape index (κ2) is 6.51. The normalized spacial score (nSPS) is 11.7. The summed E-state index contributed by atoms with van der Waals surface area (Å²) in [4.78, 5) is 12.8. The number of carbonyl (C=O) groups is 1. The molecule has 1 aromatic carbocycles. The molecule has 0 aliphatic carbocycles. The fourth-order valence-electron chi connectivity index (χ4n) is 1.45. The molecule has 0 amide bonds. The van der Waals surface area contributed by atoms with Gasteiger partial charge in [-0.05, 0) is 19.1 Å². The Morgan fingerprint density at radius 2 is 1.95 bits per heavy atom. The number of nitrogens with zero attached hydrogens (tertiary/aromatic N) is 3. The molecular formula is C14H15N3O3. The van der Waals surface area contributed by atoms with E-state index in [1.165, 1.54) is 17.2 Å². The summed E-state index contributed by atoms with van der Waals surface area (Å²) < 4.78 is 10.8. The largest absolute Gasteiger partial charge is 0.463 e. The molecule has 0 radical (unpaired) electrons. The van der Waals surface area contributed by atoms with Crippen molar-refractivity contribution in [3.8, 4) is 5.75 Å². The van der Waals surface area contributed by atoms with Crippen LogP contribution in [-0.2, 0) is 9.53 Å². The Hall–Kier alpha value is -2.63. The molecule has 0 aliphatic heterocycles. The summed E-state index contributed by atoms with van der Waals surface area (Å²) in [5.41, 5.74) is 0.330. The van der Waals surface area contributed by atoms with E-state index >= 15 is 0 Å². The van der Waals surface area contributed by atoms with Gasteiger partial charge in [-0.3, -0.25) is 0 Å². The van der Waals surface area contributed by atoms with Crippen molar-refractivity contribution < 1.29 is 14.3 Å². The van der Waals surface area contributed by atoms with E-state index in [4.69, 9.17) is 9.47 Å². The number of hydrogen-bond donors (Lipinski definition) is 0. The molecule has 0 N–H and O–H groups in total. The molecule has 0 fully saturated rings. The molecule has 104 valence electrons. The predicted octanol–water partition coefficient (Wildman–Crippen LogP) is 1.97. The quantitative estimate of drug-likeness (QED) is 0.594. The number of carbonyl (C=O) groups excluding carboxylic acids is 1. The van der Waals surface area contributed by atoms with Gasteiger partial charge in [0.05, 0.1) is 12.4 Å². The summed E-state index contributed by atoms with van der Waals surface area (Å²) in [6.45, 7) is 5.11. The van der Waals surface area contributed by atoms with Gasteiger partial charge in [0, 0.05) is 5.57 Å². The number of aromatic nitrogens is 3. The van der Waals surface area contributed by atoms with E-state index in [1.54, 1.807) is 19.1 Å². The van der Waals surface area contributed by atoms with Crippen LogP contribution in [0.15, 0.2) is 54.9 Å². The highest BCUT2D eigenvalue weighted by Gasteiger charge is 2.17.